The number of pyridine rings is 2. The van der Waals surface area contributed by atoms with Crippen LogP contribution in [0.1, 0.15) is 29.5 Å². The molecule has 0 aliphatic carbocycles. The Labute approximate surface area is 148 Å². The van der Waals surface area contributed by atoms with Gasteiger partial charge < -0.3 is 10.0 Å². The van der Waals surface area contributed by atoms with Gasteiger partial charge in [-0.3, -0.25) is 14.8 Å². The molecule has 130 valence electrons. The van der Waals surface area contributed by atoms with Crippen LogP contribution in [-0.2, 0) is 11.2 Å². The Kier molecular flexibility index (Phi) is 5.24. The summed E-state index contributed by atoms with van der Waals surface area (Å²) in [6.45, 7) is 3.11. The Morgan fingerprint density at radius 1 is 1.24 bits per heavy atom. The Morgan fingerprint density at radius 3 is 2.64 bits per heavy atom. The van der Waals surface area contributed by atoms with Crippen LogP contribution in [0.4, 0.5) is 0 Å². The number of aryl methyl sites for hydroxylation is 1. The topological polar surface area (TPSA) is 66.3 Å². The SMILES string of the molecule is Cc1cncc(/C=C/C(=O)N2CCC(O)(Cc3ccncc3)CC2)c1. The van der Waals surface area contributed by atoms with Gasteiger partial charge >= 0.3 is 0 Å². The number of rotatable bonds is 4. The van der Waals surface area contributed by atoms with Crippen LogP contribution >= 0.6 is 0 Å². The summed E-state index contributed by atoms with van der Waals surface area (Å²) in [7, 11) is 0. The summed E-state index contributed by atoms with van der Waals surface area (Å²) in [5, 5.41) is 10.8. The second kappa shape index (κ2) is 7.57. The van der Waals surface area contributed by atoms with Crippen molar-refractivity contribution in [3.05, 3.63) is 65.8 Å². The fourth-order valence-electron chi connectivity index (χ4n) is 3.14. The molecule has 1 N–H and O–H groups in total. The number of aromatic nitrogens is 2. The molecular formula is C20H23N3O2. The Morgan fingerprint density at radius 2 is 1.96 bits per heavy atom. The van der Waals surface area contributed by atoms with Crippen molar-refractivity contribution < 1.29 is 9.90 Å². The fraction of sp³-hybridized carbons (Fsp3) is 0.350. The zero-order chi connectivity index (χ0) is 17.7. The number of nitrogens with zero attached hydrogens (tertiary/aromatic N) is 3. The summed E-state index contributed by atoms with van der Waals surface area (Å²) in [6.07, 6.45) is 12.1. The molecule has 2 aromatic rings. The zero-order valence-electron chi connectivity index (χ0n) is 14.4. The zero-order valence-corrected chi connectivity index (χ0v) is 14.4. The largest absolute Gasteiger partial charge is 0.389 e. The van der Waals surface area contributed by atoms with Crippen LogP contribution in [-0.4, -0.2) is 44.6 Å². The number of amides is 1. The van der Waals surface area contributed by atoms with Gasteiger partial charge in [-0.1, -0.05) is 0 Å². The molecule has 0 atom stereocenters. The number of hydrogen-bond donors (Lipinski definition) is 1. The highest BCUT2D eigenvalue weighted by Gasteiger charge is 2.33. The first kappa shape index (κ1) is 17.3. The lowest BCUT2D eigenvalue weighted by atomic mass is 9.85. The second-order valence-electron chi connectivity index (χ2n) is 6.71. The molecule has 5 heteroatoms. The summed E-state index contributed by atoms with van der Waals surface area (Å²) in [4.78, 5) is 22.3. The molecule has 1 fully saturated rings. The van der Waals surface area contributed by atoms with Crippen LogP contribution in [0.3, 0.4) is 0 Å². The molecule has 1 saturated heterocycles. The van der Waals surface area contributed by atoms with Crippen LogP contribution < -0.4 is 0 Å². The summed E-state index contributed by atoms with van der Waals surface area (Å²) in [5.41, 5.74) is 2.31. The van der Waals surface area contributed by atoms with Crippen LogP contribution in [0, 0.1) is 6.92 Å². The van der Waals surface area contributed by atoms with Gasteiger partial charge in [0.05, 0.1) is 5.60 Å². The van der Waals surface area contributed by atoms with Gasteiger partial charge in [0.25, 0.3) is 0 Å². The predicted molar refractivity (Wildman–Crippen MR) is 96.7 cm³/mol. The molecule has 1 aliphatic rings. The number of piperidine rings is 1. The summed E-state index contributed by atoms with van der Waals surface area (Å²) >= 11 is 0. The molecule has 1 amide bonds. The van der Waals surface area contributed by atoms with E-state index in [2.05, 4.69) is 9.97 Å². The second-order valence-corrected chi connectivity index (χ2v) is 6.71. The van der Waals surface area contributed by atoms with Crippen molar-refractivity contribution in [1.82, 2.24) is 14.9 Å². The Bertz CT molecular complexity index is 751. The molecule has 5 nitrogen and oxygen atoms in total. The molecule has 0 aromatic carbocycles. The van der Waals surface area contributed by atoms with E-state index < -0.39 is 5.60 Å². The van der Waals surface area contributed by atoms with Crippen molar-refractivity contribution in [2.45, 2.75) is 31.8 Å². The first-order valence-electron chi connectivity index (χ1n) is 8.54. The summed E-state index contributed by atoms with van der Waals surface area (Å²) < 4.78 is 0. The average Bonchev–Trinajstić information content (AvgIpc) is 2.61. The van der Waals surface area contributed by atoms with E-state index in [1.165, 1.54) is 0 Å². The van der Waals surface area contributed by atoms with Crippen molar-refractivity contribution in [3.8, 4) is 0 Å². The van der Waals surface area contributed by atoms with Gasteiger partial charge in [-0.15, -0.1) is 0 Å². The van der Waals surface area contributed by atoms with E-state index in [1.54, 1.807) is 41.8 Å². The normalized spacial score (nSPS) is 17.0. The summed E-state index contributed by atoms with van der Waals surface area (Å²) in [5.74, 6) is -0.0209. The van der Waals surface area contributed by atoms with E-state index in [0.717, 1.165) is 16.7 Å². The van der Waals surface area contributed by atoms with E-state index >= 15 is 0 Å². The summed E-state index contributed by atoms with van der Waals surface area (Å²) in [6, 6.07) is 5.84. The van der Waals surface area contributed by atoms with Crippen molar-refractivity contribution in [2.75, 3.05) is 13.1 Å². The molecule has 0 radical (unpaired) electrons. The molecule has 2 aromatic heterocycles. The van der Waals surface area contributed by atoms with E-state index in [0.29, 0.717) is 32.4 Å². The molecule has 3 heterocycles. The van der Waals surface area contributed by atoms with Gasteiger partial charge in [0.15, 0.2) is 0 Å². The van der Waals surface area contributed by atoms with Gasteiger partial charge in [0, 0.05) is 50.4 Å². The lowest BCUT2D eigenvalue weighted by Crippen LogP contribution is -2.47. The van der Waals surface area contributed by atoms with Gasteiger partial charge in [0.1, 0.15) is 0 Å². The van der Waals surface area contributed by atoms with Gasteiger partial charge in [-0.25, -0.2) is 0 Å². The molecule has 0 spiro atoms. The number of likely N-dealkylation sites (tertiary alicyclic amines) is 1. The number of aliphatic hydroxyl groups is 1. The standard InChI is InChI=1S/C20H23N3O2/c1-16-12-18(15-22-14-16)2-3-19(24)23-10-6-20(25,7-11-23)13-17-4-8-21-9-5-17/h2-5,8-9,12,14-15,25H,6-7,10-11,13H2,1H3/b3-2+. The lowest BCUT2D eigenvalue weighted by molar-refractivity contribution is -0.130. The smallest absolute Gasteiger partial charge is 0.246 e. The highest BCUT2D eigenvalue weighted by atomic mass is 16.3. The van der Waals surface area contributed by atoms with Gasteiger partial charge in [0.2, 0.25) is 5.91 Å². The monoisotopic (exact) mass is 337 g/mol. The highest BCUT2D eigenvalue weighted by molar-refractivity contribution is 5.91. The van der Waals surface area contributed by atoms with Crippen molar-refractivity contribution >= 4 is 12.0 Å². The van der Waals surface area contributed by atoms with Crippen LogP contribution in [0.5, 0.6) is 0 Å². The quantitative estimate of drug-likeness (QED) is 0.870. The van der Waals surface area contributed by atoms with Crippen molar-refractivity contribution in [2.24, 2.45) is 0 Å². The molecule has 3 rings (SSSR count). The van der Waals surface area contributed by atoms with Gasteiger partial charge in [-0.05, 0) is 60.7 Å². The minimum atomic E-state index is -0.748. The predicted octanol–water partition coefficient (Wildman–Crippen LogP) is 2.39. The maximum absolute atomic E-state index is 12.4. The maximum Gasteiger partial charge on any atom is 0.246 e. The van der Waals surface area contributed by atoms with Gasteiger partial charge in [-0.2, -0.15) is 0 Å². The molecule has 25 heavy (non-hydrogen) atoms. The minimum Gasteiger partial charge on any atom is -0.389 e. The Balaban J connectivity index is 1.55. The maximum atomic E-state index is 12.4. The van der Waals surface area contributed by atoms with E-state index in [1.807, 2.05) is 25.1 Å². The Hall–Kier alpha value is -2.53. The van der Waals surface area contributed by atoms with Crippen molar-refractivity contribution in [3.63, 3.8) is 0 Å². The molecule has 0 unspecified atom stereocenters. The third kappa shape index (κ3) is 4.73. The first-order chi connectivity index (χ1) is 12.0. The van der Waals surface area contributed by atoms with E-state index in [9.17, 15) is 9.90 Å². The molecular weight excluding hydrogens is 314 g/mol. The lowest BCUT2D eigenvalue weighted by Gasteiger charge is -2.38. The molecule has 1 aliphatic heterocycles. The van der Waals surface area contributed by atoms with Crippen LogP contribution in [0.2, 0.25) is 0 Å². The average molecular weight is 337 g/mol. The van der Waals surface area contributed by atoms with E-state index in [4.69, 9.17) is 0 Å². The molecule has 0 bridgehead atoms. The highest BCUT2D eigenvalue weighted by Crippen LogP contribution is 2.26. The van der Waals surface area contributed by atoms with E-state index in [-0.39, 0.29) is 5.91 Å². The van der Waals surface area contributed by atoms with Crippen LogP contribution in [0.15, 0.2) is 49.1 Å². The van der Waals surface area contributed by atoms with Crippen molar-refractivity contribution in [1.29, 1.82) is 0 Å². The number of hydrogen-bond acceptors (Lipinski definition) is 4. The number of carbonyl (C=O) groups is 1. The molecule has 0 saturated carbocycles. The van der Waals surface area contributed by atoms with Crippen LogP contribution in [0.25, 0.3) is 6.08 Å². The minimum absolute atomic E-state index is 0.0209. The first-order valence-corrected chi connectivity index (χ1v) is 8.54. The third-order valence-corrected chi connectivity index (χ3v) is 4.60. The fourth-order valence-corrected chi connectivity index (χ4v) is 3.14. The number of carbonyl (C=O) groups excluding carboxylic acids is 1. The third-order valence-electron chi connectivity index (χ3n) is 4.60.